The maximum absolute atomic E-state index is 12.2. The standard InChI is InChI=1S/C17H19NO2/c1-12-7-6-8-13(2)16(12)17(20)18-11-15(19)14-9-4-3-5-10-14/h3-10,15,19H,11H2,1-2H3,(H,18,20). The van der Waals surface area contributed by atoms with Crippen molar-refractivity contribution in [2.24, 2.45) is 0 Å². The van der Waals surface area contributed by atoms with Crippen LogP contribution in [0.25, 0.3) is 0 Å². The van der Waals surface area contributed by atoms with E-state index in [4.69, 9.17) is 0 Å². The minimum atomic E-state index is -0.690. The largest absolute Gasteiger partial charge is 0.387 e. The second kappa shape index (κ2) is 6.35. The lowest BCUT2D eigenvalue weighted by atomic mass is 10.0. The van der Waals surface area contributed by atoms with Crippen LogP contribution in [0.4, 0.5) is 0 Å². The topological polar surface area (TPSA) is 49.3 Å². The molecule has 0 saturated carbocycles. The van der Waals surface area contributed by atoms with Gasteiger partial charge in [0, 0.05) is 12.1 Å². The first kappa shape index (κ1) is 14.3. The summed E-state index contributed by atoms with van der Waals surface area (Å²) in [6.45, 7) is 4.03. The minimum Gasteiger partial charge on any atom is -0.387 e. The van der Waals surface area contributed by atoms with Crippen molar-refractivity contribution in [2.75, 3.05) is 6.54 Å². The molecule has 1 unspecified atom stereocenters. The zero-order valence-corrected chi connectivity index (χ0v) is 11.8. The van der Waals surface area contributed by atoms with Crippen molar-refractivity contribution in [3.63, 3.8) is 0 Å². The Bertz CT molecular complexity index is 573. The lowest BCUT2D eigenvalue weighted by Crippen LogP contribution is -2.29. The lowest BCUT2D eigenvalue weighted by Gasteiger charge is -2.14. The second-order valence-electron chi connectivity index (χ2n) is 4.90. The van der Waals surface area contributed by atoms with Crippen LogP contribution < -0.4 is 5.32 Å². The molecule has 20 heavy (non-hydrogen) atoms. The third-order valence-electron chi connectivity index (χ3n) is 3.35. The molecule has 104 valence electrons. The Hall–Kier alpha value is -2.13. The molecule has 1 amide bonds. The Morgan fingerprint density at radius 3 is 2.25 bits per heavy atom. The first-order valence-electron chi connectivity index (χ1n) is 6.67. The molecule has 1 atom stereocenters. The van der Waals surface area contributed by atoms with E-state index in [1.54, 1.807) is 0 Å². The van der Waals surface area contributed by atoms with Gasteiger partial charge in [0.15, 0.2) is 0 Å². The summed E-state index contributed by atoms with van der Waals surface area (Å²) >= 11 is 0. The van der Waals surface area contributed by atoms with Gasteiger partial charge in [-0.15, -0.1) is 0 Å². The molecule has 2 rings (SSSR count). The lowest BCUT2D eigenvalue weighted by molar-refractivity contribution is 0.0915. The molecule has 3 nitrogen and oxygen atoms in total. The zero-order chi connectivity index (χ0) is 14.5. The van der Waals surface area contributed by atoms with Crippen molar-refractivity contribution < 1.29 is 9.90 Å². The summed E-state index contributed by atoms with van der Waals surface area (Å²) in [5, 5.41) is 12.8. The molecular formula is C17H19NO2. The number of carbonyl (C=O) groups excluding carboxylic acids is 1. The van der Waals surface area contributed by atoms with Crippen molar-refractivity contribution >= 4 is 5.91 Å². The van der Waals surface area contributed by atoms with Crippen molar-refractivity contribution in [3.8, 4) is 0 Å². The highest BCUT2D eigenvalue weighted by atomic mass is 16.3. The summed E-state index contributed by atoms with van der Waals surface area (Å²) in [6, 6.07) is 15.1. The number of amides is 1. The third kappa shape index (κ3) is 3.25. The summed E-state index contributed by atoms with van der Waals surface area (Å²) in [5.41, 5.74) is 3.37. The molecule has 0 saturated heterocycles. The van der Waals surface area contributed by atoms with Crippen LogP contribution in [-0.2, 0) is 0 Å². The Morgan fingerprint density at radius 1 is 1.05 bits per heavy atom. The monoisotopic (exact) mass is 269 g/mol. The first-order chi connectivity index (χ1) is 9.59. The zero-order valence-electron chi connectivity index (χ0n) is 11.8. The van der Waals surface area contributed by atoms with E-state index in [1.165, 1.54) is 0 Å². The predicted octanol–water partition coefficient (Wildman–Crippen LogP) is 2.77. The van der Waals surface area contributed by atoms with Gasteiger partial charge in [-0.05, 0) is 30.5 Å². The number of aliphatic hydroxyl groups is 1. The van der Waals surface area contributed by atoms with Crippen LogP contribution in [0, 0.1) is 13.8 Å². The second-order valence-corrected chi connectivity index (χ2v) is 4.90. The average molecular weight is 269 g/mol. The van der Waals surface area contributed by atoms with Gasteiger partial charge in [0.25, 0.3) is 5.91 Å². The fraction of sp³-hybridized carbons (Fsp3) is 0.235. The van der Waals surface area contributed by atoms with Gasteiger partial charge >= 0.3 is 0 Å². The van der Waals surface area contributed by atoms with Gasteiger partial charge in [0.1, 0.15) is 0 Å². The first-order valence-corrected chi connectivity index (χ1v) is 6.67. The molecule has 2 N–H and O–H groups in total. The van der Waals surface area contributed by atoms with Crippen LogP contribution in [-0.4, -0.2) is 17.6 Å². The number of aliphatic hydroxyl groups excluding tert-OH is 1. The van der Waals surface area contributed by atoms with E-state index in [-0.39, 0.29) is 12.5 Å². The summed E-state index contributed by atoms with van der Waals surface area (Å²) in [6.07, 6.45) is -0.690. The smallest absolute Gasteiger partial charge is 0.251 e. The quantitative estimate of drug-likeness (QED) is 0.896. The highest BCUT2D eigenvalue weighted by Crippen LogP contribution is 2.14. The van der Waals surface area contributed by atoms with E-state index < -0.39 is 6.10 Å². The van der Waals surface area contributed by atoms with Gasteiger partial charge in [0.05, 0.1) is 6.10 Å². The number of aryl methyl sites for hydroxylation is 2. The van der Waals surface area contributed by atoms with E-state index in [2.05, 4.69) is 5.32 Å². The van der Waals surface area contributed by atoms with Crippen molar-refractivity contribution in [2.45, 2.75) is 20.0 Å². The molecule has 0 aliphatic rings. The van der Waals surface area contributed by atoms with Gasteiger partial charge in [-0.2, -0.15) is 0 Å². The highest BCUT2D eigenvalue weighted by molar-refractivity contribution is 5.97. The summed E-state index contributed by atoms with van der Waals surface area (Å²) in [7, 11) is 0. The van der Waals surface area contributed by atoms with E-state index >= 15 is 0 Å². The van der Waals surface area contributed by atoms with Gasteiger partial charge in [0.2, 0.25) is 0 Å². The van der Waals surface area contributed by atoms with Crippen molar-refractivity contribution in [3.05, 3.63) is 70.8 Å². The van der Waals surface area contributed by atoms with Crippen LogP contribution in [0.3, 0.4) is 0 Å². The van der Waals surface area contributed by atoms with E-state index in [0.717, 1.165) is 16.7 Å². The predicted molar refractivity (Wildman–Crippen MR) is 79.7 cm³/mol. The number of hydrogen-bond donors (Lipinski definition) is 2. The number of nitrogens with one attached hydrogen (secondary N) is 1. The molecule has 0 spiro atoms. The molecule has 3 heteroatoms. The highest BCUT2D eigenvalue weighted by Gasteiger charge is 2.13. The Labute approximate surface area is 119 Å². The van der Waals surface area contributed by atoms with Gasteiger partial charge < -0.3 is 10.4 Å². The molecule has 0 radical (unpaired) electrons. The Morgan fingerprint density at radius 2 is 1.65 bits per heavy atom. The molecule has 0 aliphatic carbocycles. The van der Waals surface area contributed by atoms with Gasteiger partial charge in [-0.3, -0.25) is 4.79 Å². The maximum Gasteiger partial charge on any atom is 0.251 e. The average Bonchev–Trinajstić information content (AvgIpc) is 2.45. The van der Waals surface area contributed by atoms with Crippen molar-refractivity contribution in [1.82, 2.24) is 5.32 Å². The summed E-state index contributed by atoms with van der Waals surface area (Å²) in [5.74, 6) is -0.143. The minimum absolute atomic E-state index is 0.143. The molecule has 0 fully saturated rings. The Balaban J connectivity index is 2.03. The Kier molecular flexibility index (Phi) is 4.53. The van der Waals surface area contributed by atoms with Crippen LogP contribution in [0.2, 0.25) is 0 Å². The SMILES string of the molecule is Cc1cccc(C)c1C(=O)NCC(O)c1ccccc1. The number of carbonyl (C=O) groups is 1. The van der Waals surface area contributed by atoms with Crippen LogP contribution in [0.15, 0.2) is 48.5 Å². The number of benzene rings is 2. The molecule has 2 aromatic rings. The normalized spacial score (nSPS) is 11.9. The van der Waals surface area contributed by atoms with Gasteiger partial charge in [-0.1, -0.05) is 48.5 Å². The fourth-order valence-corrected chi connectivity index (χ4v) is 2.24. The summed E-state index contributed by atoms with van der Waals surface area (Å²) in [4.78, 5) is 12.2. The number of rotatable bonds is 4. The third-order valence-corrected chi connectivity index (χ3v) is 3.35. The van der Waals surface area contributed by atoms with Crippen molar-refractivity contribution in [1.29, 1.82) is 0 Å². The molecular weight excluding hydrogens is 250 g/mol. The van der Waals surface area contributed by atoms with Gasteiger partial charge in [-0.25, -0.2) is 0 Å². The number of hydrogen-bond acceptors (Lipinski definition) is 2. The fourth-order valence-electron chi connectivity index (χ4n) is 2.24. The molecule has 0 aromatic heterocycles. The molecule has 2 aromatic carbocycles. The molecule has 0 heterocycles. The van der Waals surface area contributed by atoms with E-state index in [0.29, 0.717) is 5.56 Å². The van der Waals surface area contributed by atoms with Crippen LogP contribution in [0.1, 0.15) is 33.2 Å². The van der Waals surface area contributed by atoms with E-state index in [9.17, 15) is 9.90 Å². The summed E-state index contributed by atoms with van der Waals surface area (Å²) < 4.78 is 0. The van der Waals surface area contributed by atoms with Crippen LogP contribution in [0.5, 0.6) is 0 Å². The van der Waals surface area contributed by atoms with Crippen LogP contribution >= 0.6 is 0 Å². The molecule has 0 aliphatic heterocycles. The van der Waals surface area contributed by atoms with E-state index in [1.807, 2.05) is 62.4 Å². The molecule has 0 bridgehead atoms. The maximum atomic E-state index is 12.2.